The molecule has 1 aromatic heterocycles. The van der Waals surface area contributed by atoms with Crippen LogP contribution in [0.4, 0.5) is 21.6 Å². The van der Waals surface area contributed by atoms with Crippen LogP contribution >= 0.6 is 27.5 Å². The Kier molecular flexibility index (Phi) is 3.26. The zero-order valence-electron chi connectivity index (χ0n) is 8.84. The number of aryl methyl sites for hydroxylation is 1. The minimum Gasteiger partial charge on any atom is -0.394 e. The van der Waals surface area contributed by atoms with Gasteiger partial charge in [0.2, 0.25) is 0 Å². The van der Waals surface area contributed by atoms with E-state index in [1.807, 2.05) is 0 Å². The number of nitrogen functional groups attached to an aromatic ring is 1. The van der Waals surface area contributed by atoms with Crippen LogP contribution in [0.5, 0.6) is 0 Å². The summed E-state index contributed by atoms with van der Waals surface area (Å²) in [5, 5.41) is 7.32. The van der Waals surface area contributed by atoms with Crippen molar-refractivity contribution in [3.8, 4) is 0 Å². The molecule has 1 heterocycles. The van der Waals surface area contributed by atoms with Crippen molar-refractivity contribution in [2.24, 2.45) is 7.05 Å². The summed E-state index contributed by atoms with van der Waals surface area (Å²) in [6.45, 7) is 0. The molecular formula is C10H9BrClFN4. The Labute approximate surface area is 111 Å². The van der Waals surface area contributed by atoms with E-state index in [9.17, 15) is 4.39 Å². The number of anilines is 3. The predicted octanol–water partition coefficient (Wildman–Crippen LogP) is 3.30. The molecule has 90 valence electrons. The average molecular weight is 320 g/mol. The highest BCUT2D eigenvalue weighted by atomic mass is 79.9. The van der Waals surface area contributed by atoms with Crippen LogP contribution in [-0.2, 0) is 7.05 Å². The van der Waals surface area contributed by atoms with E-state index in [-0.39, 0.29) is 5.02 Å². The monoisotopic (exact) mass is 318 g/mol. The number of hydrogen-bond donors (Lipinski definition) is 2. The number of halogens is 3. The second-order valence-electron chi connectivity index (χ2n) is 3.48. The molecule has 0 unspecified atom stereocenters. The molecule has 3 N–H and O–H groups in total. The van der Waals surface area contributed by atoms with E-state index in [0.717, 1.165) is 0 Å². The molecule has 0 bridgehead atoms. The van der Waals surface area contributed by atoms with Gasteiger partial charge >= 0.3 is 0 Å². The lowest BCUT2D eigenvalue weighted by Crippen LogP contribution is -1.98. The van der Waals surface area contributed by atoms with Crippen molar-refractivity contribution in [1.29, 1.82) is 0 Å². The minimum absolute atomic E-state index is 0.252. The highest BCUT2D eigenvalue weighted by Crippen LogP contribution is 2.34. The summed E-state index contributed by atoms with van der Waals surface area (Å²) in [5.41, 5.74) is 6.75. The first-order chi connectivity index (χ1) is 7.97. The maximum Gasteiger partial charge on any atom is 0.175 e. The van der Waals surface area contributed by atoms with Gasteiger partial charge in [0.05, 0.1) is 16.4 Å². The SMILES string of the molecule is Cn1cc(N)c(Nc2c(Cl)cc(F)cc2Br)n1. The van der Waals surface area contributed by atoms with E-state index in [4.69, 9.17) is 17.3 Å². The number of nitrogens with two attached hydrogens (primary N) is 1. The third-order valence-corrected chi connectivity index (χ3v) is 3.03. The lowest BCUT2D eigenvalue weighted by Gasteiger charge is -2.09. The third-order valence-electron chi connectivity index (χ3n) is 2.11. The molecule has 0 saturated carbocycles. The summed E-state index contributed by atoms with van der Waals surface area (Å²) in [4.78, 5) is 0. The zero-order chi connectivity index (χ0) is 12.6. The Bertz CT molecular complexity index is 546. The molecule has 1 aromatic carbocycles. The molecule has 0 radical (unpaired) electrons. The molecule has 0 amide bonds. The summed E-state index contributed by atoms with van der Waals surface area (Å²) in [6, 6.07) is 2.53. The molecule has 2 aromatic rings. The molecule has 0 spiro atoms. The van der Waals surface area contributed by atoms with Gasteiger partial charge in [-0.3, -0.25) is 4.68 Å². The van der Waals surface area contributed by atoms with Crippen LogP contribution in [0.1, 0.15) is 0 Å². The number of nitrogens with zero attached hydrogens (tertiary/aromatic N) is 2. The molecule has 2 rings (SSSR count). The van der Waals surface area contributed by atoms with Gasteiger partial charge in [-0.25, -0.2) is 4.39 Å². The molecule has 4 nitrogen and oxygen atoms in total. The first-order valence-corrected chi connectivity index (χ1v) is 5.85. The Morgan fingerprint density at radius 2 is 2.24 bits per heavy atom. The van der Waals surface area contributed by atoms with Gasteiger partial charge in [-0.05, 0) is 28.1 Å². The Balaban J connectivity index is 2.39. The molecule has 0 saturated heterocycles. The first-order valence-electron chi connectivity index (χ1n) is 4.68. The largest absolute Gasteiger partial charge is 0.394 e. The quantitative estimate of drug-likeness (QED) is 0.893. The fraction of sp³-hybridized carbons (Fsp3) is 0.100. The van der Waals surface area contributed by atoms with Gasteiger partial charge in [-0.1, -0.05) is 11.6 Å². The maximum absolute atomic E-state index is 13.0. The molecule has 0 aliphatic rings. The maximum atomic E-state index is 13.0. The Morgan fingerprint density at radius 1 is 1.53 bits per heavy atom. The summed E-state index contributed by atoms with van der Waals surface area (Å²) in [6.07, 6.45) is 1.66. The number of benzene rings is 1. The molecule has 17 heavy (non-hydrogen) atoms. The molecule has 7 heteroatoms. The van der Waals surface area contributed by atoms with Crippen molar-refractivity contribution in [3.63, 3.8) is 0 Å². The lowest BCUT2D eigenvalue weighted by molar-refractivity contribution is 0.627. The van der Waals surface area contributed by atoms with E-state index in [2.05, 4.69) is 26.3 Å². The smallest absolute Gasteiger partial charge is 0.175 e. The zero-order valence-corrected chi connectivity index (χ0v) is 11.2. The molecule has 0 atom stereocenters. The van der Waals surface area contributed by atoms with Gasteiger partial charge in [0.1, 0.15) is 5.82 Å². The highest BCUT2D eigenvalue weighted by Gasteiger charge is 2.11. The number of rotatable bonds is 2. The normalized spacial score (nSPS) is 10.6. The minimum atomic E-state index is -0.415. The van der Waals surface area contributed by atoms with Crippen LogP contribution in [0, 0.1) is 5.82 Å². The van der Waals surface area contributed by atoms with Crippen LogP contribution in [-0.4, -0.2) is 9.78 Å². The van der Waals surface area contributed by atoms with Crippen molar-refractivity contribution < 1.29 is 4.39 Å². The van der Waals surface area contributed by atoms with Gasteiger partial charge < -0.3 is 11.1 Å². The van der Waals surface area contributed by atoms with Crippen molar-refractivity contribution >= 4 is 44.7 Å². The van der Waals surface area contributed by atoms with E-state index in [0.29, 0.717) is 21.7 Å². The van der Waals surface area contributed by atoms with Crippen LogP contribution in [0.3, 0.4) is 0 Å². The topological polar surface area (TPSA) is 55.9 Å². The van der Waals surface area contributed by atoms with Gasteiger partial charge in [-0.15, -0.1) is 0 Å². The van der Waals surface area contributed by atoms with Crippen LogP contribution in [0.2, 0.25) is 5.02 Å². The molecule has 0 aliphatic carbocycles. The van der Waals surface area contributed by atoms with Crippen LogP contribution in [0.15, 0.2) is 22.8 Å². The Morgan fingerprint density at radius 3 is 2.76 bits per heavy atom. The molecule has 0 aliphatic heterocycles. The van der Waals surface area contributed by atoms with Crippen molar-refractivity contribution in [2.75, 3.05) is 11.1 Å². The predicted molar refractivity (Wildman–Crippen MR) is 70.0 cm³/mol. The number of hydrogen-bond acceptors (Lipinski definition) is 3. The fourth-order valence-corrected chi connectivity index (χ4v) is 2.28. The van der Waals surface area contributed by atoms with Crippen molar-refractivity contribution in [1.82, 2.24) is 9.78 Å². The van der Waals surface area contributed by atoms with Crippen LogP contribution < -0.4 is 11.1 Å². The molecular weight excluding hydrogens is 310 g/mol. The van der Waals surface area contributed by atoms with Gasteiger partial charge in [-0.2, -0.15) is 5.10 Å². The summed E-state index contributed by atoms with van der Waals surface area (Å²) < 4.78 is 15.1. The number of nitrogens with one attached hydrogen (secondary N) is 1. The van der Waals surface area contributed by atoms with Crippen molar-refractivity contribution in [2.45, 2.75) is 0 Å². The summed E-state index contributed by atoms with van der Waals surface area (Å²) >= 11 is 9.16. The third kappa shape index (κ3) is 2.53. The van der Waals surface area contributed by atoms with E-state index >= 15 is 0 Å². The second kappa shape index (κ2) is 4.54. The van der Waals surface area contributed by atoms with Gasteiger partial charge in [0.15, 0.2) is 5.82 Å². The standard InChI is InChI=1S/C10H9BrClFN4/c1-17-4-8(14)10(16-17)15-9-6(11)2-5(13)3-7(9)12/h2-4H,14H2,1H3,(H,15,16). The van der Waals surface area contributed by atoms with Crippen LogP contribution in [0.25, 0.3) is 0 Å². The van der Waals surface area contributed by atoms with E-state index in [1.54, 1.807) is 17.9 Å². The summed E-state index contributed by atoms with van der Waals surface area (Å²) in [7, 11) is 1.75. The van der Waals surface area contributed by atoms with Gasteiger partial charge in [0.25, 0.3) is 0 Å². The number of aromatic nitrogens is 2. The van der Waals surface area contributed by atoms with Crippen molar-refractivity contribution in [3.05, 3.63) is 33.6 Å². The highest BCUT2D eigenvalue weighted by molar-refractivity contribution is 9.10. The average Bonchev–Trinajstić information content (AvgIpc) is 2.51. The van der Waals surface area contributed by atoms with E-state index < -0.39 is 5.82 Å². The first kappa shape index (κ1) is 12.2. The second-order valence-corrected chi connectivity index (χ2v) is 4.74. The molecule has 0 fully saturated rings. The Hall–Kier alpha value is -1.27. The van der Waals surface area contributed by atoms with Gasteiger partial charge in [0, 0.05) is 17.7 Å². The fourth-order valence-electron chi connectivity index (χ4n) is 1.38. The lowest BCUT2D eigenvalue weighted by atomic mass is 10.3. The van der Waals surface area contributed by atoms with E-state index in [1.165, 1.54) is 12.1 Å². The summed E-state index contributed by atoms with van der Waals surface area (Å²) in [5.74, 6) is 0.0584.